The molecule has 1 atom stereocenters. The molecule has 0 fully saturated rings. The van der Waals surface area contributed by atoms with Crippen LogP contribution in [0, 0.1) is 5.82 Å². The molecular weight excluding hydrogens is 207 g/mol. The van der Waals surface area contributed by atoms with E-state index in [0.29, 0.717) is 0 Å². The second-order valence-corrected chi connectivity index (χ2v) is 3.91. The van der Waals surface area contributed by atoms with E-state index >= 15 is 0 Å². The number of hydrogen-bond acceptors (Lipinski definition) is 2. The minimum Gasteiger partial charge on any atom is -0.339 e. The number of rotatable bonds is 4. The van der Waals surface area contributed by atoms with Crippen molar-refractivity contribution in [3.05, 3.63) is 29.8 Å². The maximum absolute atomic E-state index is 13.3. The fraction of sp³-hybridized carbons (Fsp3) is 0.500. The van der Waals surface area contributed by atoms with E-state index in [4.69, 9.17) is 0 Å². The highest BCUT2D eigenvalue weighted by Crippen LogP contribution is 2.12. The number of halogens is 1. The van der Waals surface area contributed by atoms with Crippen molar-refractivity contribution in [1.29, 1.82) is 0 Å². The van der Waals surface area contributed by atoms with Crippen LogP contribution in [0.2, 0.25) is 0 Å². The van der Waals surface area contributed by atoms with Gasteiger partial charge in [-0.05, 0) is 19.4 Å². The van der Waals surface area contributed by atoms with E-state index in [-0.39, 0.29) is 17.5 Å². The van der Waals surface area contributed by atoms with E-state index in [1.54, 1.807) is 11.9 Å². The number of nitrogens with zero attached hydrogens (tertiary/aromatic N) is 2. The number of carbonyl (C=O) groups is 1. The third-order valence-electron chi connectivity index (χ3n) is 2.69. The Morgan fingerprint density at radius 2 is 2.31 bits per heavy atom. The third-order valence-corrected chi connectivity index (χ3v) is 2.69. The van der Waals surface area contributed by atoms with Crippen LogP contribution >= 0.6 is 0 Å². The normalized spacial score (nSPS) is 12.2. The second-order valence-electron chi connectivity index (χ2n) is 3.91. The molecule has 1 amide bonds. The van der Waals surface area contributed by atoms with Crippen molar-refractivity contribution < 1.29 is 9.18 Å². The summed E-state index contributed by atoms with van der Waals surface area (Å²) < 4.78 is 13.3. The zero-order chi connectivity index (χ0) is 12.1. The molecule has 1 rings (SSSR count). The first-order valence-corrected chi connectivity index (χ1v) is 5.44. The molecule has 0 aliphatic heterocycles. The summed E-state index contributed by atoms with van der Waals surface area (Å²) in [4.78, 5) is 17.1. The van der Waals surface area contributed by atoms with Crippen LogP contribution in [0.3, 0.4) is 0 Å². The van der Waals surface area contributed by atoms with Gasteiger partial charge in [-0.3, -0.25) is 9.78 Å². The Kier molecular flexibility index (Phi) is 4.40. The van der Waals surface area contributed by atoms with Gasteiger partial charge in [-0.25, -0.2) is 4.39 Å². The summed E-state index contributed by atoms with van der Waals surface area (Å²) in [6.07, 6.45) is 4.40. The number of amides is 1. The van der Waals surface area contributed by atoms with Crippen molar-refractivity contribution in [3.63, 3.8) is 0 Å². The Balaban J connectivity index is 2.82. The minimum absolute atomic E-state index is 0.0838. The average Bonchev–Trinajstić information content (AvgIpc) is 2.28. The van der Waals surface area contributed by atoms with Gasteiger partial charge in [0.25, 0.3) is 5.91 Å². The van der Waals surface area contributed by atoms with Gasteiger partial charge in [0.05, 0.1) is 11.8 Å². The topological polar surface area (TPSA) is 33.2 Å². The lowest BCUT2D eigenvalue weighted by Crippen LogP contribution is -2.35. The molecule has 1 aromatic rings. The zero-order valence-electron chi connectivity index (χ0n) is 9.90. The van der Waals surface area contributed by atoms with Crippen LogP contribution in [0.5, 0.6) is 0 Å². The lowest BCUT2D eigenvalue weighted by molar-refractivity contribution is 0.0732. The van der Waals surface area contributed by atoms with Gasteiger partial charge >= 0.3 is 0 Å². The molecule has 88 valence electrons. The van der Waals surface area contributed by atoms with Gasteiger partial charge in [0, 0.05) is 19.3 Å². The fourth-order valence-corrected chi connectivity index (χ4v) is 1.55. The number of pyridine rings is 1. The van der Waals surface area contributed by atoms with Gasteiger partial charge < -0.3 is 4.90 Å². The van der Waals surface area contributed by atoms with Crippen molar-refractivity contribution >= 4 is 5.91 Å². The smallest absolute Gasteiger partial charge is 0.256 e. The summed E-state index contributed by atoms with van der Waals surface area (Å²) in [6, 6.07) is 1.53. The van der Waals surface area contributed by atoms with E-state index in [1.165, 1.54) is 12.3 Å². The lowest BCUT2D eigenvalue weighted by atomic mass is 10.1. The van der Waals surface area contributed by atoms with E-state index < -0.39 is 5.82 Å². The molecule has 3 nitrogen and oxygen atoms in total. The minimum atomic E-state index is -0.567. The summed E-state index contributed by atoms with van der Waals surface area (Å²) in [5.74, 6) is -0.858. The molecule has 0 spiro atoms. The molecule has 0 aliphatic rings. The average molecular weight is 224 g/mol. The summed E-state index contributed by atoms with van der Waals surface area (Å²) in [5, 5.41) is 0. The molecule has 0 N–H and O–H groups in total. The first kappa shape index (κ1) is 12.6. The van der Waals surface area contributed by atoms with Crippen molar-refractivity contribution in [2.24, 2.45) is 0 Å². The molecule has 0 bridgehead atoms. The van der Waals surface area contributed by atoms with Crippen LogP contribution in [0.15, 0.2) is 18.5 Å². The fourth-order valence-electron chi connectivity index (χ4n) is 1.55. The van der Waals surface area contributed by atoms with E-state index in [9.17, 15) is 9.18 Å². The summed E-state index contributed by atoms with van der Waals surface area (Å²) in [7, 11) is 1.70. The third kappa shape index (κ3) is 2.78. The highest BCUT2D eigenvalue weighted by molar-refractivity contribution is 5.94. The van der Waals surface area contributed by atoms with Gasteiger partial charge in [-0.15, -0.1) is 0 Å². The lowest BCUT2D eigenvalue weighted by Gasteiger charge is -2.24. The molecule has 0 aliphatic carbocycles. The van der Waals surface area contributed by atoms with Crippen molar-refractivity contribution in [2.75, 3.05) is 7.05 Å². The first-order chi connectivity index (χ1) is 7.57. The zero-order valence-corrected chi connectivity index (χ0v) is 9.90. The van der Waals surface area contributed by atoms with Gasteiger partial charge in [0.2, 0.25) is 0 Å². The van der Waals surface area contributed by atoms with Gasteiger partial charge in [0.1, 0.15) is 0 Å². The predicted molar refractivity (Wildman–Crippen MR) is 60.7 cm³/mol. The maximum Gasteiger partial charge on any atom is 0.256 e. The van der Waals surface area contributed by atoms with Crippen LogP contribution in [0.1, 0.15) is 37.0 Å². The van der Waals surface area contributed by atoms with Crippen LogP contribution in [0.4, 0.5) is 4.39 Å². The van der Waals surface area contributed by atoms with E-state index in [0.717, 1.165) is 19.0 Å². The van der Waals surface area contributed by atoms with Crippen LogP contribution in [0.25, 0.3) is 0 Å². The number of carbonyl (C=O) groups excluding carboxylic acids is 1. The highest BCUT2D eigenvalue weighted by Gasteiger charge is 2.19. The van der Waals surface area contributed by atoms with Gasteiger partial charge in [-0.1, -0.05) is 13.3 Å². The monoisotopic (exact) mass is 224 g/mol. The van der Waals surface area contributed by atoms with Crippen LogP contribution in [-0.4, -0.2) is 28.9 Å². The SMILES string of the molecule is CCCC(C)N(C)C(=O)c1ccncc1F. The molecule has 0 saturated heterocycles. The quantitative estimate of drug-likeness (QED) is 0.787. The number of hydrogen-bond donors (Lipinski definition) is 0. The highest BCUT2D eigenvalue weighted by atomic mass is 19.1. The summed E-state index contributed by atoms with van der Waals surface area (Å²) in [6.45, 7) is 4.02. The Morgan fingerprint density at radius 1 is 1.62 bits per heavy atom. The maximum atomic E-state index is 13.3. The Hall–Kier alpha value is -1.45. The molecular formula is C12H17FN2O. The molecule has 4 heteroatoms. The standard InChI is InChI=1S/C12H17FN2O/c1-4-5-9(2)15(3)12(16)10-6-7-14-8-11(10)13/h6-9H,4-5H2,1-3H3. The summed E-state index contributed by atoms with van der Waals surface area (Å²) in [5.41, 5.74) is 0.0838. The molecule has 0 saturated carbocycles. The Labute approximate surface area is 95.3 Å². The number of aromatic nitrogens is 1. The molecule has 0 radical (unpaired) electrons. The van der Waals surface area contributed by atoms with Gasteiger partial charge in [0.15, 0.2) is 5.82 Å². The van der Waals surface area contributed by atoms with Crippen LogP contribution in [-0.2, 0) is 0 Å². The van der Waals surface area contributed by atoms with Crippen LogP contribution < -0.4 is 0 Å². The van der Waals surface area contributed by atoms with E-state index in [2.05, 4.69) is 11.9 Å². The van der Waals surface area contributed by atoms with E-state index in [1.807, 2.05) is 6.92 Å². The molecule has 16 heavy (non-hydrogen) atoms. The predicted octanol–water partition coefficient (Wildman–Crippen LogP) is 2.48. The largest absolute Gasteiger partial charge is 0.339 e. The summed E-state index contributed by atoms with van der Waals surface area (Å²) >= 11 is 0. The van der Waals surface area contributed by atoms with Crippen molar-refractivity contribution in [1.82, 2.24) is 9.88 Å². The molecule has 0 aromatic carbocycles. The Morgan fingerprint density at radius 3 is 2.88 bits per heavy atom. The Bertz CT molecular complexity index is 368. The van der Waals surface area contributed by atoms with Crippen molar-refractivity contribution in [3.8, 4) is 0 Å². The van der Waals surface area contributed by atoms with Gasteiger partial charge in [-0.2, -0.15) is 0 Å². The van der Waals surface area contributed by atoms with Crippen molar-refractivity contribution in [2.45, 2.75) is 32.7 Å². The molecule has 1 aromatic heterocycles. The second kappa shape index (κ2) is 5.58. The first-order valence-electron chi connectivity index (χ1n) is 5.44. The molecule has 1 heterocycles. The molecule has 1 unspecified atom stereocenters.